The van der Waals surface area contributed by atoms with Crippen LogP contribution in [0.15, 0.2) is 36.4 Å². The summed E-state index contributed by atoms with van der Waals surface area (Å²) in [6.07, 6.45) is -1.66. The summed E-state index contributed by atoms with van der Waals surface area (Å²) >= 11 is 0. The van der Waals surface area contributed by atoms with Crippen LogP contribution in [0.3, 0.4) is 0 Å². The van der Waals surface area contributed by atoms with Gasteiger partial charge in [0.1, 0.15) is 0 Å². The maximum Gasteiger partial charge on any atom is 0.416 e. The lowest BCUT2D eigenvalue weighted by Crippen LogP contribution is -2.68. The van der Waals surface area contributed by atoms with E-state index >= 15 is 0 Å². The normalized spacial score (nSPS) is 29.6. The lowest BCUT2D eigenvalue weighted by atomic mass is 9.92. The number of hydrogen-bond donors (Lipinski definition) is 4. The molecule has 1 aromatic carbocycles. The third-order valence-electron chi connectivity index (χ3n) is 7.90. The van der Waals surface area contributed by atoms with Crippen LogP contribution >= 0.6 is 0 Å². The molecule has 4 atom stereocenters. The van der Waals surface area contributed by atoms with Crippen molar-refractivity contribution in [3.05, 3.63) is 42.0 Å². The highest BCUT2D eigenvalue weighted by atomic mass is 32.2. The summed E-state index contributed by atoms with van der Waals surface area (Å²) in [5.74, 6) is -3.95. The van der Waals surface area contributed by atoms with Crippen molar-refractivity contribution in [2.75, 3.05) is 11.3 Å². The number of hydrogen-bond acceptors (Lipinski definition) is 7. The van der Waals surface area contributed by atoms with E-state index in [4.69, 9.17) is 16.2 Å². The van der Waals surface area contributed by atoms with Crippen LogP contribution in [0.25, 0.3) is 0 Å². The summed E-state index contributed by atoms with van der Waals surface area (Å²) < 4.78 is 73.6. The van der Waals surface area contributed by atoms with E-state index in [1.165, 1.54) is 0 Å². The number of anilines is 1. The van der Waals surface area contributed by atoms with E-state index < -0.39 is 68.0 Å². The number of fused-ring (bicyclic) bond motifs is 2. The Kier molecular flexibility index (Phi) is 8.49. The summed E-state index contributed by atoms with van der Waals surface area (Å²) in [6, 6.07) is 3.31. The van der Waals surface area contributed by atoms with Crippen molar-refractivity contribution >= 4 is 39.5 Å². The van der Waals surface area contributed by atoms with Crippen LogP contribution in [-0.4, -0.2) is 60.2 Å². The molecule has 2 heterocycles. The van der Waals surface area contributed by atoms with Gasteiger partial charge < -0.3 is 26.4 Å². The van der Waals surface area contributed by atoms with Crippen molar-refractivity contribution in [1.29, 1.82) is 0 Å². The Morgan fingerprint density at radius 3 is 2.38 bits per heavy atom. The van der Waals surface area contributed by atoms with Crippen molar-refractivity contribution < 1.29 is 45.5 Å². The number of carbonyl (C=O) groups excluding carboxylic acids is 4. The van der Waals surface area contributed by atoms with Gasteiger partial charge in [-0.05, 0) is 69.2 Å². The lowest BCUT2D eigenvalue weighted by molar-refractivity contribution is -0.157. The minimum Gasteiger partial charge on any atom is -0.436 e. The third-order valence-corrected chi connectivity index (χ3v) is 9.94. The number of nitrogens with two attached hydrogens (primary N) is 2. The molecule has 12 nitrogen and oxygen atoms in total. The van der Waals surface area contributed by atoms with Gasteiger partial charge in [-0.15, -0.1) is 0 Å². The van der Waals surface area contributed by atoms with Crippen LogP contribution in [0, 0.1) is 5.92 Å². The molecule has 4 rings (SSSR count). The van der Waals surface area contributed by atoms with E-state index in [0.29, 0.717) is 37.8 Å². The standard InChI is InChI=1S/C26H32F3N5O7S/c27-26(28,29)16-9-11-18(12-10-16)33-42(39,40)25-15-17(25)7-4-2-1-3-5-8-19(41-23(31)38)20(35)34-14-6-13-24(34,21(30)36)22(37)32-25/h4,7,9-12,17,19,33H,1-3,5-6,8,13-15H2,(H2,30,36)(H2,31,38)(H,32,37)/b7-4-. The predicted molar refractivity (Wildman–Crippen MR) is 143 cm³/mol. The topological polar surface area (TPSA) is 191 Å². The Bertz CT molecular complexity index is 1390. The van der Waals surface area contributed by atoms with E-state index in [1.54, 1.807) is 12.2 Å². The Balaban J connectivity index is 1.71. The quantitative estimate of drug-likeness (QED) is 0.288. The number of ether oxygens (including phenoxy) is 1. The number of primary amides is 2. The Morgan fingerprint density at radius 1 is 1.07 bits per heavy atom. The molecule has 1 aliphatic carbocycles. The monoisotopic (exact) mass is 615 g/mol. The zero-order chi connectivity index (χ0) is 30.9. The van der Waals surface area contributed by atoms with Crippen LogP contribution in [0.4, 0.5) is 23.7 Å². The second-order valence-electron chi connectivity index (χ2n) is 10.6. The van der Waals surface area contributed by atoms with Crippen LogP contribution in [0.2, 0.25) is 0 Å². The van der Waals surface area contributed by atoms with Crippen LogP contribution in [-0.2, 0) is 35.3 Å². The summed E-state index contributed by atoms with van der Waals surface area (Å²) in [6.45, 7) is -0.0965. The van der Waals surface area contributed by atoms with E-state index in [1.807, 2.05) is 0 Å². The van der Waals surface area contributed by atoms with E-state index in [9.17, 15) is 40.8 Å². The molecule has 3 aliphatic rings. The molecule has 0 radical (unpaired) electrons. The highest BCUT2D eigenvalue weighted by Gasteiger charge is 2.67. The SMILES string of the molecule is NC(=O)OC1CCCCC/C=C\C2CC2(S(=O)(=O)Nc2ccc(C(F)(F)F)cc2)NC(=O)C2(C(N)=O)CCCN2C1=O. The van der Waals surface area contributed by atoms with Crippen LogP contribution in [0.5, 0.6) is 0 Å². The number of alkyl halides is 3. The van der Waals surface area contributed by atoms with Gasteiger partial charge in [0.25, 0.3) is 27.7 Å². The van der Waals surface area contributed by atoms with Gasteiger partial charge in [0.15, 0.2) is 11.0 Å². The average molecular weight is 616 g/mol. The summed E-state index contributed by atoms with van der Waals surface area (Å²) in [7, 11) is -4.53. The molecule has 42 heavy (non-hydrogen) atoms. The predicted octanol–water partition coefficient (Wildman–Crippen LogP) is 2.11. The molecule has 1 saturated carbocycles. The van der Waals surface area contributed by atoms with Gasteiger partial charge in [0, 0.05) is 18.2 Å². The second-order valence-corrected chi connectivity index (χ2v) is 12.6. The van der Waals surface area contributed by atoms with Crippen molar-refractivity contribution in [2.24, 2.45) is 17.4 Å². The first-order chi connectivity index (χ1) is 19.6. The van der Waals surface area contributed by atoms with Gasteiger partial charge >= 0.3 is 12.3 Å². The summed E-state index contributed by atoms with van der Waals surface area (Å²) in [5.41, 5.74) is 7.41. The Labute approximate surface area is 240 Å². The highest BCUT2D eigenvalue weighted by molar-refractivity contribution is 7.94. The maximum absolute atomic E-state index is 13.9. The number of rotatable bonds is 5. The zero-order valence-electron chi connectivity index (χ0n) is 22.5. The summed E-state index contributed by atoms with van der Waals surface area (Å²) in [5, 5.41) is 2.46. The van der Waals surface area contributed by atoms with Crippen molar-refractivity contribution in [2.45, 2.75) is 74.1 Å². The number of nitrogens with one attached hydrogen (secondary N) is 2. The zero-order valence-corrected chi connectivity index (χ0v) is 23.3. The fourth-order valence-corrected chi connectivity index (χ4v) is 7.31. The molecule has 4 amide bonds. The molecule has 0 spiro atoms. The molecule has 6 N–H and O–H groups in total. The average Bonchev–Trinajstić information content (AvgIpc) is 3.41. The third kappa shape index (κ3) is 5.89. The lowest BCUT2D eigenvalue weighted by Gasteiger charge is -2.37. The van der Waals surface area contributed by atoms with Gasteiger partial charge in [-0.25, -0.2) is 13.2 Å². The molecule has 1 saturated heterocycles. The number of benzene rings is 1. The maximum atomic E-state index is 13.9. The molecule has 4 unspecified atom stereocenters. The molecule has 0 aromatic heterocycles. The van der Waals surface area contributed by atoms with E-state index in [-0.39, 0.29) is 37.9 Å². The van der Waals surface area contributed by atoms with Gasteiger partial charge in [-0.2, -0.15) is 13.2 Å². The number of allylic oxidation sites excluding steroid dienone is 1. The van der Waals surface area contributed by atoms with Gasteiger partial charge in [-0.3, -0.25) is 19.1 Å². The molecular formula is C26H32F3N5O7S. The molecule has 16 heteroatoms. The molecule has 230 valence electrons. The fraction of sp³-hybridized carbons (Fsp3) is 0.538. The smallest absolute Gasteiger partial charge is 0.416 e. The number of sulfonamides is 1. The van der Waals surface area contributed by atoms with Crippen molar-refractivity contribution in [1.82, 2.24) is 10.2 Å². The minimum atomic E-state index is -4.63. The molecule has 0 bridgehead atoms. The Morgan fingerprint density at radius 2 is 1.76 bits per heavy atom. The first kappa shape index (κ1) is 31.1. The van der Waals surface area contributed by atoms with Gasteiger partial charge in [0.2, 0.25) is 5.54 Å². The van der Waals surface area contributed by atoms with E-state index in [2.05, 4.69) is 10.0 Å². The van der Waals surface area contributed by atoms with Crippen LogP contribution < -0.4 is 21.5 Å². The number of nitrogens with zero attached hydrogens (tertiary/aromatic N) is 1. The first-order valence-electron chi connectivity index (χ1n) is 13.4. The molecule has 1 aromatic rings. The number of amides is 4. The first-order valence-corrected chi connectivity index (χ1v) is 14.9. The summed E-state index contributed by atoms with van der Waals surface area (Å²) in [4.78, 5) is 50.8. The largest absolute Gasteiger partial charge is 0.436 e. The second kappa shape index (κ2) is 11.5. The van der Waals surface area contributed by atoms with Crippen molar-refractivity contribution in [3.8, 4) is 0 Å². The Hall–Kier alpha value is -3.82. The number of halogens is 3. The van der Waals surface area contributed by atoms with Gasteiger partial charge in [-0.1, -0.05) is 18.6 Å². The number of carbonyl (C=O) groups is 4. The van der Waals surface area contributed by atoms with Crippen LogP contribution in [0.1, 0.15) is 56.9 Å². The van der Waals surface area contributed by atoms with Gasteiger partial charge in [0.05, 0.1) is 5.56 Å². The molecular weight excluding hydrogens is 583 g/mol. The molecule has 2 aliphatic heterocycles. The minimum absolute atomic E-state index is 0.0798. The van der Waals surface area contributed by atoms with Crippen molar-refractivity contribution in [3.63, 3.8) is 0 Å². The fourth-order valence-electron chi connectivity index (χ4n) is 5.58. The molecule has 2 fully saturated rings. The highest BCUT2D eigenvalue weighted by Crippen LogP contribution is 2.50. The van der Waals surface area contributed by atoms with E-state index in [0.717, 1.165) is 17.0 Å².